The summed E-state index contributed by atoms with van der Waals surface area (Å²) in [6, 6.07) is 8.52. The van der Waals surface area contributed by atoms with Gasteiger partial charge < -0.3 is 0 Å². The predicted molar refractivity (Wildman–Crippen MR) is 52.8 cm³/mol. The summed E-state index contributed by atoms with van der Waals surface area (Å²) >= 11 is 0. The van der Waals surface area contributed by atoms with E-state index in [2.05, 4.69) is 39.3 Å². The summed E-state index contributed by atoms with van der Waals surface area (Å²) in [6.07, 6.45) is 0. The van der Waals surface area contributed by atoms with Crippen molar-refractivity contribution >= 4 is 33.2 Å². The van der Waals surface area contributed by atoms with Crippen molar-refractivity contribution in [2.75, 3.05) is 0 Å². The van der Waals surface area contributed by atoms with Crippen molar-refractivity contribution in [3.8, 4) is 0 Å². The van der Waals surface area contributed by atoms with Gasteiger partial charge in [0.2, 0.25) is 0 Å². The van der Waals surface area contributed by atoms with Gasteiger partial charge in [-0.1, -0.05) is 24.3 Å². The van der Waals surface area contributed by atoms with Crippen LogP contribution >= 0.6 is 17.4 Å². The fourth-order valence-electron chi connectivity index (χ4n) is 1.10. The molecule has 2 heteroatoms. The van der Waals surface area contributed by atoms with E-state index in [-0.39, 0.29) is 0 Å². The standard InChI is InChI=1S/C8H8P2/c9-8-7-4-2-1-3-6(7)5-10-8/h1-5,10H,9H2. The van der Waals surface area contributed by atoms with Gasteiger partial charge in [0.1, 0.15) is 0 Å². The fourth-order valence-corrected chi connectivity index (χ4v) is 2.56. The minimum Gasteiger partial charge on any atom is -0.131 e. The molecular formula is C8H8P2. The van der Waals surface area contributed by atoms with Crippen LogP contribution in [0.1, 0.15) is 0 Å². The molecule has 1 aromatic heterocycles. The van der Waals surface area contributed by atoms with E-state index in [4.69, 9.17) is 0 Å². The Bertz CT molecular complexity index is 349. The van der Waals surface area contributed by atoms with Crippen LogP contribution in [0.3, 0.4) is 0 Å². The van der Waals surface area contributed by atoms with Gasteiger partial charge in [-0.3, -0.25) is 0 Å². The molecule has 0 saturated heterocycles. The normalized spacial score (nSPS) is 11.3. The molecule has 2 aromatic rings. The van der Waals surface area contributed by atoms with Crippen molar-refractivity contribution in [2.24, 2.45) is 0 Å². The topological polar surface area (TPSA) is 0 Å². The van der Waals surface area contributed by atoms with Crippen molar-refractivity contribution in [2.45, 2.75) is 0 Å². The van der Waals surface area contributed by atoms with Gasteiger partial charge in [0.15, 0.2) is 0 Å². The molecule has 0 nitrogen and oxygen atoms in total. The molecular weight excluding hydrogens is 158 g/mol. The average Bonchev–Trinajstić information content (AvgIpc) is 2.34. The van der Waals surface area contributed by atoms with Gasteiger partial charge in [-0.15, -0.1) is 17.4 Å². The van der Waals surface area contributed by atoms with E-state index >= 15 is 0 Å². The van der Waals surface area contributed by atoms with Crippen LogP contribution in [-0.2, 0) is 0 Å². The highest BCUT2D eigenvalue weighted by molar-refractivity contribution is 7.53. The Balaban J connectivity index is 2.93. The van der Waals surface area contributed by atoms with Crippen molar-refractivity contribution < 1.29 is 0 Å². The molecule has 0 N–H and O–H groups in total. The Morgan fingerprint density at radius 1 is 1.20 bits per heavy atom. The van der Waals surface area contributed by atoms with E-state index < -0.39 is 0 Å². The number of benzene rings is 1. The first-order chi connectivity index (χ1) is 4.88. The number of rotatable bonds is 0. The van der Waals surface area contributed by atoms with Gasteiger partial charge in [-0.2, -0.15) is 0 Å². The quantitative estimate of drug-likeness (QED) is 0.527. The summed E-state index contributed by atoms with van der Waals surface area (Å²) in [5, 5.41) is 4.24. The molecule has 0 spiro atoms. The zero-order chi connectivity index (χ0) is 6.97. The third kappa shape index (κ3) is 0.888. The highest BCUT2D eigenvalue weighted by Gasteiger charge is 1.94. The largest absolute Gasteiger partial charge is 0.131 e. The zero-order valence-corrected chi connectivity index (χ0v) is 7.62. The Morgan fingerprint density at radius 3 is 2.80 bits per heavy atom. The van der Waals surface area contributed by atoms with E-state index in [1.807, 2.05) is 0 Å². The number of hydrogen-bond acceptors (Lipinski definition) is 0. The van der Waals surface area contributed by atoms with Crippen LogP contribution in [0.15, 0.2) is 30.1 Å². The predicted octanol–water partition coefficient (Wildman–Crippen LogP) is 2.37. The average molecular weight is 166 g/mol. The Kier molecular flexibility index (Phi) is 1.52. The van der Waals surface area contributed by atoms with Crippen molar-refractivity contribution in [1.82, 2.24) is 0 Å². The van der Waals surface area contributed by atoms with Gasteiger partial charge in [0, 0.05) is 0 Å². The van der Waals surface area contributed by atoms with Crippen LogP contribution in [-0.4, -0.2) is 0 Å². The minimum absolute atomic E-state index is 0.875. The van der Waals surface area contributed by atoms with Crippen LogP contribution < -0.4 is 5.04 Å². The summed E-state index contributed by atoms with van der Waals surface area (Å²) in [4.78, 5) is 0. The number of fused-ring (bicyclic) bond motifs is 1. The molecule has 0 radical (unpaired) electrons. The molecule has 1 heterocycles. The third-order valence-corrected chi connectivity index (χ3v) is 3.48. The molecule has 0 aliphatic heterocycles. The monoisotopic (exact) mass is 166 g/mol. The van der Waals surface area contributed by atoms with Gasteiger partial charge >= 0.3 is 0 Å². The molecule has 0 bridgehead atoms. The molecule has 2 atom stereocenters. The van der Waals surface area contributed by atoms with Crippen molar-refractivity contribution in [3.63, 3.8) is 0 Å². The molecule has 0 aliphatic carbocycles. The van der Waals surface area contributed by atoms with E-state index in [9.17, 15) is 0 Å². The maximum Gasteiger partial charge on any atom is -0.00614 e. The SMILES string of the molecule is Pc1[pH]cc2ccccc12. The van der Waals surface area contributed by atoms with Gasteiger partial charge in [0.05, 0.1) is 0 Å². The third-order valence-electron chi connectivity index (χ3n) is 1.63. The van der Waals surface area contributed by atoms with Gasteiger partial charge in [0.25, 0.3) is 0 Å². The van der Waals surface area contributed by atoms with Gasteiger partial charge in [-0.25, -0.2) is 0 Å². The summed E-state index contributed by atoms with van der Waals surface area (Å²) in [6.45, 7) is 0. The van der Waals surface area contributed by atoms with Crippen LogP contribution in [0.25, 0.3) is 10.8 Å². The molecule has 0 aliphatic rings. The maximum atomic E-state index is 2.80. The molecule has 0 saturated carbocycles. The lowest BCUT2D eigenvalue weighted by Gasteiger charge is -1.87. The van der Waals surface area contributed by atoms with E-state index in [0.717, 1.165) is 8.19 Å². The van der Waals surface area contributed by atoms with Crippen LogP contribution in [0.2, 0.25) is 0 Å². The summed E-state index contributed by atoms with van der Waals surface area (Å²) in [5.74, 6) is 2.29. The van der Waals surface area contributed by atoms with E-state index in [1.54, 1.807) is 0 Å². The first-order valence-electron chi connectivity index (χ1n) is 3.19. The second-order valence-electron chi connectivity index (χ2n) is 2.29. The molecule has 0 fully saturated rings. The van der Waals surface area contributed by atoms with Crippen molar-refractivity contribution in [1.29, 1.82) is 0 Å². The smallest absolute Gasteiger partial charge is 0.00614 e. The van der Waals surface area contributed by atoms with E-state index in [0.29, 0.717) is 0 Å². The minimum atomic E-state index is 0.875. The number of hydrogen-bond donors (Lipinski definition) is 0. The second-order valence-corrected chi connectivity index (χ2v) is 4.56. The summed E-state index contributed by atoms with van der Waals surface area (Å²) in [5.41, 5.74) is 0. The van der Waals surface area contributed by atoms with Crippen molar-refractivity contribution in [3.05, 3.63) is 30.1 Å². The first kappa shape index (κ1) is 6.40. The molecule has 2 unspecified atom stereocenters. The maximum absolute atomic E-state index is 2.80. The Labute approximate surface area is 63.9 Å². The zero-order valence-electron chi connectivity index (χ0n) is 5.46. The second kappa shape index (κ2) is 2.38. The summed E-state index contributed by atoms with van der Waals surface area (Å²) in [7, 11) is 3.67. The molecule has 0 amide bonds. The molecule has 1 aromatic carbocycles. The Morgan fingerprint density at radius 2 is 2.00 bits per heavy atom. The Hall–Kier alpha value is -0.310. The molecule has 2 rings (SSSR count). The molecule has 50 valence electrons. The first-order valence-corrected chi connectivity index (χ1v) is 4.85. The lowest BCUT2D eigenvalue weighted by Crippen LogP contribution is -1.77. The van der Waals surface area contributed by atoms with Gasteiger partial charge in [-0.05, 0) is 21.6 Å². The highest BCUT2D eigenvalue weighted by atomic mass is 31.1. The lowest BCUT2D eigenvalue weighted by molar-refractivity contribution is 1.85. The van der Waals surface area contributed by atoms with E-state index in [1.165, 1.54) is 15.8 Å². The molecule has 10 heavy (non-hydrogen) atoms. The summed E-state index contributed by atoms with van der Waals surface area (Å²) < 4.78 is 0. The van der Waals surface area contributed by atoms with Crippen LogP contribution in [0.4, 0.5) is 0 Å². The van der Waals surface area contributed by atoms with Crippen LogP contribution in [0, 0.1) is 0 Å². The lowest BCUT2D eigenvalue weighted by atomic mass is 10.2. The fraction of sp³-hybridized carbons (Fsp3) is 0. The van der Waals surface area contributed by atoms with Crippen LogP contribution in [0.5, 0.6) is 0 Å². The highest BCUT2D eigenvalue weighted by Crippen LogP contribution is 2.21.